The van der Waals surface area contributed by atoms with Crippen LogP contribution >= 0.6 is 0 Å². The van der Waals surface area contributed by atoms with Crippen LogP contribution in [0.15, 0.2) is 0 Å². The highest BCUT2D eigenvalue weighted by Gasteiger charge is 2.39. The number of carbonyl (C=O) groups is 1. The molecule has 1 rings (SSSR count). The van der Waals surface area contributed by atoms with Gasteiger partial charge in [0.15, 0.2) is 0 Å². The van der Waals surface area contributed by atoms with Crippen LogP contribution in [0.3, 0.4) is 0 Å². The van der Waals surface area contributed by atoms with Gasteiger partial charge in [0, 0.05) is 26.3 Å². The van der Waals surface area contributed by atoms with Gasteiger partial charge >= 0.3 is 0 Å². The van der Waals surface area contributed by atoms with Crippen molar-refractivity contribution in [3.8, 4) is 0 Å². The maximum Gasteiger partial charge on any atom is 0.224 e. The second kappa shape index (κ2) is 6.21. The zero-order chi connectivity index (χ0) is 12.0. The summed E-state index contributed by atoms with van der Waals surface area (Å²) in [5.74, 6) is -0.142. The molecule has 1 aliphatic rings. The first kappa shape index (κ1) is 13.5. The second-order valence-electron chi connectivity index (χ2n) is 4.92. The Morgan fingerprint density at radius 2 is 2.12 bits per heavy atom. The maximum atomic E-state index is 11.5. The minimum atomic E-state index is -0.290. The molecule has 94 valence electrons. The van der Waals surface area contributed by atoms with E-state index in [1.54, 1.807) is 7.11 Å². The van der Waals surface area contributed by atoms with Crippen LogP contribution < -0.4 is 11.1 Å². The van der Waals surface area contributed by atoms with Crippen molar-refractivity contribution in [1.29, 1.82) is 0 Å². The Labute approximate surface area is 97.9 Å². The smallest absolute Gasteiger partial charge is 0.224 e. The Kier molecular flexibility index (Phi) is 5.22. The van der Waals surface area contributed by atoms with Crippen molar-refractivity contribution in [2.45, 2.75) is 45.1 Å². The number of nitrogens with one attached hydrogen (secondary N) is 1. The van der Waals surface area contributed by atoms with Crippen LogP contribution in [0, 0.1) is 5.41 Å². The molecule has 0 aromatic heterocycles. The minimum Gasteiger partial charge on any atom is -0.385 e. The van der Waals surface area contributed by atoms with E-state index in [0.717, 1.165) is 38.7 Å². The van der Waals surface area contributed by atoms with E-state index < -0.39 is 0 Å². The zero-order valence-electron chi connectivity index (χ0n) is 10.4. The molecule has 1 unspecified atom stereocenters. The summed E-state index contributed by atoms with van der Waals surface area (Å²) in [7, 11) is 1.70. The average Bonchev–Trinajstić information content (AvgIpc) is 2.73. The van der Waals surface area contributed by atoms with Crippen LogP contribution in [0.1, 0.15) is 39.0 Å². The molecule has 3 N–H and O–H groups in total. The first-order valence-corrected chi connectivity index (χ1v) is 6.13. The molecule has 0 aromatic carbocycles. The monoisotopic (exact) mass is 228 g/mol. The molecule has 1 amide bonds. The van der Waals surface area contributed by atoms with Crippen LogP contribution in [0.2, 0.25) is 0 Å². The third-order valence-electron chi connectivity index (χ3n) is 3.63. The van der Waals surface area contributed by atoms with Gasteiger partial charge in [-0.05, 0) is 26.2 Å². The van der Waals surface area contributed by atoms with E-state index in [1.807, 2.05) is 0 Å². The Bertz CT molecular complexity index is 225. The molecule has 0 spiro atoms. The summed E-state index contributed by atoms with van der Waals surface area (Å²) in [5.41, 5.74) is 5.23. The van der Waals surface area contributed by atoms with Gasteiger partial charge in [0.1, 0.15) is 0 Å². The normalized spacial score (nSPS) is 20.9. The Morgan fingerprint density at radius 1 is 1.50 bits per heavy atom. The number of carbonyl (C=O) groups excluding carboxylic acids is 1. The fourth-order valence-corrected chi connectivity index (χ4v) is 2.33. The highest BCUT2D eigenvalue weighted by atomic mass is 16.5. The lowest BCUT2D eigenvalue weighted by atomic mass is 9.85. The molecule has 1 saturated carbocycles. The predicted molar refractivity (Wildman–Crippen MR) is 64.1 cm³/mol. The lowest BCUT2D eigenvalue weighted by Crippen LogP contribution is -2.45. The molecule has 4 heteroatoms. The van der Waals surface area contributed by atoms with E-state index in [-0.39, 0.29) is 11.3 Å². The van der Waals surface area contributed by atoms with E-state index >= 15 is 0 Å². The van der Waals surface area contributed by atoms with E-state index in [1.165, 1.54) is 0 Å². The maximum absolute atomic E-state index is 11.5. The summed E-state index contributed by atoms with van der Waals surface area (Å²) in [5, 5.41) is 3.40. The molecule has 0 aromatic rings. The summed E-state index contributed by atoms with van der Waals surface area (Å²) in [6.45, 7) is 3.58. The molecule has 1 aliphatic carbocycles. The van der Waals surface area contributed by atoms with Gasteiger partial charge in [0.2, 0.25) is 5.91 Å². The zero-order valence-corrected chi connectivity index (χ0v) is 10.4. The fourth-order valence-electron chi connectivity index (χ4n) is 2.33. The molecule has 0 bridgehead atoms. The van der Waals surface area contributed by atoms with Crippen molar-refractivity contribution in [1.82, 2.24) is 5.32 Å². The molecule has 16 heavy (non-hydrogen) atoms. The van der Waals surface area contributed by atoms with Crippen LogP contribution in [-0.4, -0.2) is 32.2 Å². The van der Waals surface area contributed by atoms with Gasteiger partial charge in [-0.25, -0.2) is 0 Å². The number of rotatable bonds is 7. The number of nitrogens with two attached hydrogens (primary N) is 1. The van der Waals surface area contributed by atoms with Crippen molar-refractivity contribution in [2.24, 2.45) is 11.1 Å². The number of amides is 1. The summed E-state index contributed by atoms with van der Waals surface area (Å²) >= 11 is 0. The quantitative estimate of drug-likeness (QED) is 0.684. The largest absolute Gasteiger partial charge is 0.385 e. The minimum absolute atomic E-state index is 0.142. The average molecular weight is 228 g/mol. The van der Waals surface area contributed by atoms with E-state index in [0.29, 0.717) is 12.6 Å². The molecule has 0 saturated heterocycles. The third kappa shape index (κ3) is 3.46. The van der Waals surface area contributed by atoms with Crippen molar-refractivity contribution in [2.75, 3.05) is 20.3 Å². The van der Waals surface area contributed by atoms with E-state index in [2.05, 4.69) is 12.2 Å². The number of hydrogen-bond donors (Lipinski definition) is 2. The molecular formula is C12H24N2O2. The second-order valence-corrected chi connectivity index (χ2v) is 4.92. The summed E-state index contributed by atoms with van der Waals surface area (Å²) in [6, 6.07) is 0.372. The van der Waals surface area contributed by atoms with Gasteiger partial charge in [-0.2, -0.15) is 0 Å². The summed E-state index contributed by atoms with van der Waals surface area (Å²) in [4.78, 5) is 11.5. The topological polar surface area (TPSA) is 64.3 Å². The van der Waals surface area contributed by atoms with Crippen LogP contribution in [-0.2, 0) is 9.53 Å². The van der Waals surface area contributed by atoms with Crippen molar-refractivity contribution in [3.63, 3.8) is 0 Å². The summed E-state index contributed by atoms with van der Waals surface area (Å²) in [6.07, 6.45) is 5.08. The predicted octanol–water partition coefficient (Wildman–Crippen LogP) is 1.05. The molecule has 0 aliphatic heterocycles. The van der Waals surface area contributed by atoms with Crippen molar-refractivity contribution in [3.05, 3.63) is 0 Å². The van der Waals surface area contributed by atoms with Gasteiger partial charge in [0.05, 0.1) is 5.41 Å². The number of methoxy groups -OCH3 is 1. The lowest BCUT2D eigenvalue weighted by Gasteiger charge is -2.27. The molecule has 1 fully saturated rings. The van der Waals surface area contributed by atoms with Crippen LogP contribution in [0.4, 0.5) is 0 Å². The van der Waals surface area contributed by atoms with Gasteiger partial charge in [-0.1, -0.05) is 12.8 Å². The van der Waals surface area contributed by atoms with Crippen molar-refractivity contribution >= 4 is 5.91 Å². The standard InChI is InChI=1S/C12H24N2O2/c1-10(5-8-16-2)14-9-12(11(13)15)6-3-4-7-12/h10,14H,3-9H2,1-2H3,(H2,13,15). The Hall–Kier alpha value is -0.610. The Balaban J connectivity index is 2.36. The number of primary amides is 1. The molecule has 1 atom stereocenters. The van der Waals surface area contributed by atoms with Crippen LogP contribution in [0.25, 0.3) is 0 Å². The van der Waals surface area contributed by atoms with Crippen molar-refractivity contribution < 1.29 is 9.53 Å². The summed E-state index contributed by atoms with van der Waals surface area (Å²) < 4.78 is 5.03. The Morgan fingerprint density at radius 3 is 2.62 bits per heavy atom. The highest BCUT2D eigenvalue weighted by molar-refractivity contribution is 5.81. The third-order valence-corrected chi connectivity index (χ3v) is 3.63. The lowest BCUT2D eigenvalue weighted by molar-refractivity contribution is -0.127. The van der Waals surface area contributed by atoms with Gasteiger partial charge in [-0.3, -0.25) is 4.79 Å². The SMILES string of the molecule is COCCC(C)NCC1(C(N)=O)CCCC1. The molecular weight excluding hydrogens is 204 g/mol. The van der Waals surface area contributed by atoms with Gasteiger partial charge in [-0.15, -0.1) is 0 Å². The number of ether oxygens (including phenoxy) is 1. The van der Waals surface area contributed by atoms with Crippen LogP contribution in [0.5, 0.6) is 0 Å². The number of hydrogen-bond acceptors (Lipinski definition) is 3. The van der Waals surface area contributed by atoms with E-state index in [4.69, 9.17) is 10.5 Å². The molecule has 4 nitrogen and oxygen atoms in total. The fraction of sp³-hybridized carbons (Fsp3) is 0.917. The van der Waals surface area contributed by atoms with Gasteiger partial charge < -0.3 is 15.8 Å². The van der Waals surface area contributed by atoms with E-state index in [9.17, 15) is 4.79 Å². The molecule has 0 heterocycles. The van der Waals surface area contributed by atoms with Gasteiger partial charge in [0.25, 0.3) is 0 Å². The molecule has 0 radical (unpaired) electrons. The first-order valence-electron chi connectivity index (χ1n) is 6.13. The first-order chi connectivity index (χ1) is 7.60. The highest BCUT2D eigenvalue weighted by Crippen LogP contribution is 2.37.